The highest BCUT2D eigenvalue weighted by Crippen LogP contribution is 2.25. The van der Waals surface area contributed by atoms with Gasteiger partial charge in [0, 0.05) is 0 Å². The SMILES string of the molecule is CC(C)(C)OC(=O)C[C@@H]1COS(=O)(=O)N1C(=O)OC(C)(C)C. The summed E-state index contributed by atoms with van der Waals surface area (Å²) in [5, 5.41) is 0. The van der Waals surface area contributed by atoms with Crippen LogP contribution in [-0.2, 0) is 28.8 Å². The van der Waals surface area contributed by atoms with E-state index in [0.717, 1.165) is 0 Å². The van der Waals surface area contributed by atoms with Crippen molar-refractivity contribution in [3.05, 3.63) is 0 Å². The van der Waals surface area contributed by atoms with Crippen LogP contribution in [0.1, 0.15) is 48.0 Å². The summed E-state index contributed by atoms with van der Waals surface area (Å²) in [7, 11) is -4.25. The number of ether oxygens (including phenoxy) is 2. The molecule has 0 aromatic rings. The molecular formula is C13H23NO7S. The highest BCUT2D eigenvalue weighted by Gasteiger charge is 2.45. The van der Waals surface area contributed by atoms with E-state index >= 15 is 0 Å². The molecule has 0 aromatic carbocycles. The minimum atomic E-state index is -4.25. The van der Waals surface area contributed by atoms with Crippen molar-refractivity contribution in [2.45, 2.75) is 65.2 Å². The van der Waals surface area contributed by atoms with Crippen molar-refractivity contribution in [2.24, 2.45) is 0 Å². The first-order chi connectivity index (χ1) is 9.71. The Morgan fingerprint density at radius 1 is 1.09 bits per heavy atom. The molecule has 0 radical (unpaired) electrons. The molecule has 0 unspecified atom stereocenters. The number of hydrogen-bond donors (Lipinski definition) is 0. The van der Waals surface area contributed by atoms with Gasteiger partial charge in [-0.1, -0.05) is 0 Å². The van der Waals surface area contributed by atoms with Crippen molar-refractivity contribution in [3.63, 3.8) is 0 Å². The third-order valence-electron chi connectivity index (χ3n) is 2.38. The van der Waals surface area contributed by atoms with Gasteiger partial charge in [0.25, 0.3) is 0 Å². The molecule has 0 spiro atoms. The van der Waals surface area contributed by atoms with Gasteiger partial charge in [0.2, 0.25) is 0 Å². The van der Waals surface area contributed by atoms with Gasteiger partial charge >= 0.3 is 22.4 Å². The maximum Gasteiger partial charge on any atom is 0.426 e. The summed E-state index contributed by atoms with van der Waals surface area (Å²) in [5.74, 6) is -0.619. The molecule has 1 heterocycles. The number of carbonyl (C=O) groups excluding carboxylic acids is 2. The summed E-state index contributed by atoms with van der Waals surface area (Å²) in [6.07, 6.45) is -1.37. The first-order valence-corrected chi connectivity index (χ1v) is 8.21. The summed E-state index contributed by atoms with van der Waals surface area (Å²) in [6, 6.07) is -0.977. The third-order valence-corrected chi connectivity index (χ3v) is 3.74. The lowest BCUT2D eigenvalue weighted by Crippen LogP contribution is -2.44. The maximum atomic E-state index is 12.0. The van der Waals surface area contributed by atoms with E-state index in [2.05, 4.69) is 4.18 Å². The zero-order valence-corrected chi connectivity index (χ0v) is 14.5. The molecule has 22 heavy (non-hydrogen) atoms. The van der Waals surface area contributed by atoms with Gasteiger partial charge in [-0.2, -0.15) is 12.7 Å². The fourth-order valence-corrected chi connectivity index (χ4v) is 2.90. The van der Waals surface area contributed by atoms with Crippen molar-refractivity contribution in [3.8, 4) is 0 Å². The minimum absolute atomic E-state index is 0.296. The molecule has 0 N–H and O–H groups in total. The van der Waals surface area contributed by atoms with E-state index in [4.69, 9.17) is 9.47 Å². The number of carbonyl (C=O) groups is 2. The lowest BCUT2D eigenvalue weighted by molar-refractivity contribution is -0.155. The van der Waals surface area contributed by atoms with Crippen LogP contribution in [0.15, 0.2) is 0 Å². The van der Waals surface area contributed by atoms with E-state index in [1.807, 2.05) is 0 Å². The lowest BCUT2D eigenvalue weighted by atomic mass is 10.1. The van der Waals surface area contributed by atoms with Gasteiger partial charge in [0.05, 0.1) is 19.1 Å². The van der Waals surface area contributed by atoms with Crippen LogP contribution in [0.2, 0.25) is 0 Å². The Labute approximate surface area is 131 Å². The molecule has 0 aliphatic carbocycles. The molecule has 1 aliphatic heterocycles. The summed E-state index contributed by atoms with van der Waals surface area (Å²) >= 11 is 0. The Balaban J connectivity index is 2.86. The first kappa shape index (κ1) is 18.7. The Kier molecular flexibility index (Phi) is 5.13. The molecule has 128 valence electrons. The van der Waals surface area contributed by atoms with Crippen LogP contribution in [0.3, 0.4) is 0 Å². The molecule has 0 aromatic heterocycles. The summed E-state index contributed by atoms with van der Waals surface area (Å²) in [5.41, 5.74) is -1.57. The van der Waals surface area contributed by atoms with Crippen LogP contribution in [0, 0.1) is 0 Å². The summed E-state index contributed by atoms with van der Waals surface area (Å²) in [4.78, 5) is 23.9. The average molecular weight is 337 g/mol. The Hall–Kier alpha value is -1.35. The third kappa shape index (κ3) is 5.45. The molecule has 1 amide bonds. The molecule has 1 saturated heterocycles. The predicted octanol–water partition coefficient (Wildman–Crippen LogP) is 1.60. The lowest BCUT2D eigenvalue weighted by Gasteiger charge is -2.26. The quantitative estimate of drug-likeness (QED) is 0.706. The Morgan fingerprint density at radius 3 is 2.05 bits per heavy atom. The molecule has 9 heteroatoms. The molecule has 1 rings (SSSR count). The standard InChI is InChI=1S/C13H23NO7S/c1-12(2,3)20-10(15)7-9-8-19-22(17,18)14(9)11(16)21-13(4,5)6/h9H,7-8H2,1-6H3/t9-/m1/s1. The van der Waals surface area contributed by atoms with Gasteiger partial charge in [-0.15, -0.1) is 0 Å². The van der Waals surface area contributed by atoms with Crippen molar-refractivity contribution < 1.29 is 31.7 Å². The largest absolute Gasteiger partial charge is 0.460 e. The first-order valence-electron chi connectivity index (χ1n) is 6.85. The average Bonchev–Trinajstić information content (AvgIpc) is 2.47. The molecule has 0 saturated carbocycles. The summed E-state index contributed by atoms with van der Waals surface area (Å²) in [6.45, 7) is 9.60. The Bertz CT molecular complexity index is 542. The van der Waals surface area contributed by atoms with Crippen LogP contribution >= 0.6 is 0 Å². The second kappa shape index (κ2) is 6.04. The van der Waals surface area contributed by atoms with Gasteiger partial charge in [-0.25, -0.2) is 4.79 Å². The number of nitrogens with zero attached hydrogens (tertiary/aromatic N) is 1. The highest BCUT2D eigenvalue weighted by molar-refractivity contribution is 7.85. The van der Waals surface area contributed by atoms with E-state index in [0.29, 0.717) is 4.31 Å². The number of rotatable bonds is 2. The van der Waals surface area contributed by atoms with Crippen LogP contribution in [0.25, 0.3) is 0 Å². The molecular weight excluding hydrogens is 314 g/mol. The van der Waals surface area contributed by atoms with Gasteiger partial charge in [0.15, 0.2) is 0 Å². The topological polar surface area (TPSA) is 99.2 Å². The van der Waals surface area contributed by atoms with Crippen molar-refractivity contribution in [1.82, 2.24) is 4.31 Å². The van der Waals surface area contributed by atoms with E-state index in [9.17, 15) is 18.0 Å². The van der Waals surface area contributed by atoms with Gasteiger partial charge < -0.3 is 9.47 Å². The monoisotopic (exact) mass is 337 g/mol. The Morgan fingerprint density at radius 2 is 1.59 bits per heavy atom. The van der Waals surface area contributed by atoms with Crippen LogP contribution in [0.4, 0.5) is 4.79 Å². The second-order valence-corrected chi connectivity index (χ2v) is 8.45. The smallest absolute Gasteiger partial charge is 0.426 e. The zero-order chi connectivity index (χ0) is 17.3. The maximum absolute atomic E-state index is 12.0. The van der Waals surface area contributed by atoms with Gasteiger partial charge in [-0.3, -0.25) is 8.98 Å². The molecule has 8 nitrogen and oxygen atoms in total. The van der Waals surface area contributed by atoms with E-state index in [1.165, 1.54) is 0 Å². The molecule has 1 atom stereocenters. The van der Waals surface area contributed by atoms with E-state index in [-0.39, 0.29) is 13.0 Å². The number of hydrogen-bond acceptors (Lipinski definition) is 7. The summed E-state index contributed by atoms with van der Waals surface area (Å²) < 4.78 is 38.9. The van der Waals surface area contributed by atoms with Crippen molar-refractivity contribution >= 4 is 22.4 Å². The van der Waals surface area contributed by atoms with Crippen LogP contribution in [-0.4, -0.2) is 48.6 Å². The fraction of sp³-hybridized carbons (Fsp3) is 0.846. The number of esters is 1. The molecule has 1 fully saturated rings. The zero-order valence-electron chi connectivity index (χ0n) is 13.7. The predicted molar refractivity (Wildman–Crippen MR) is 77.2 cm³/mol. The normalized spacial score (nSPS) is 21.5. The van der Waals surface area contributed by atoms with E-state index in [1.54, 1.807) is 41.5 Å². The van der Waals surface area contributed by atoms with Crippen LogP contribution in [0.5, 0.6) is 0 Å². The van der Waals surface area contributed by atoms with Crippen molar-refractivity contribution in [1.29, 1.82) is 0 Å². The van der Waals surface area contributed by atoms with Gasteiger partial charge in [0.1, 0.15) is 11.2 Å². The second-order valence-electron chi connectivity index (χ2n) is 6.96. The highest BCUT2D eigenvalue weighted by atomic mass is 32.2. The molecule has 1 aliphatic rings. The minimum Gasteiger partial charge on any atom is -0.460 e. The van der Waals surface area contributed by atoms with E-state index < -0.39 is 39.6 Å². The number of amides is 1. The fourth-order valence-electron chi connectivity index (χ4n) is 1.74. The van der Waals surface area contributed by atoms with Gasteiger partial charge in [-0.05, 0) is 41.5 Å². The van der Waals surface area contributed by atoms with Crippen molar-refractivity contribution in [2.75, 3.05) is 6.61 Å². The molecule has 0 bridgehead atoms. The van der Waals surface area contributed by atoms with Crippen LogP contribution < -0.4 is 0 Å².